The molecule has 3 rings (SSSR count). The normalized spacial score (nSPS) is 13.6. The van der Waals surface area contributed by atoms with Crippen LogP contribution in [-0.2, 0) is 13.6 Å². The van der Waals surface area contributed by atoms with Crippen molar-refractivity contribution < 1.29 is 9.13 Å². The van der Waals surface area contributed by atoms with Crippen LogP contribution in [0.15, 0.2) is 72.9 Å². The van der Waals surface area contributed by atoms with Gasteiger partial charge in [0.05, 0.1) is 0 Å². The van der Waals surface area contributed by atoms with Crippen molar-refractivity contribution in [1.82, 2.24) is 0 Å². The SMILES string of the molecule is C[n+]1ccc(-c2cc[n+](CC3=CC=CC3)cc2)cc1. The molecule has 0 bridgehead atoms. The minimum Gasteiger partial charge on any atom is -0.208 e. The summed E-state index contributed by atoms with van der Waals surface area (Å²) in [6.45, 7) is 0.983. The third-order valence-electron chi connectivity index (χ3n) is 3.44. The van der Waals surface area contributed by atoms with Crippen LogP contribution in [-0.4, -0.2) is 0 Å². The van der Waals surface area contributed by atoms with E-state index in [0.29, 0.717) is 0 Å². The first-order valence-electron chi connectivity index (χ1n) is 6.60. The van der Waals surface area contributed by atoms with Gasteiger partial charge in [0.15, 0.2) is 31.3 Å². The highest BCUT2D eigenvalue weighted by molar-refractivity contribution is 5.60. The van der Waals surface area contributed by atoms with Gasteiger partial charge in [-0.25, -0.2) is 9.13 Å². The maximum atomic E-state index is 2.23. The zero-order valence-electron chi connectivity index (χ0n) is 11.2. The fraction of sp³-hybridized carbons (Fsp3) is 0.176. The van der Waals surface area contributed by atoms with E-state index in [1.165, 1.54) is 16.7 Å². The summed E-state index contributed by atoms with van der Waals surface area (Å²) in [5.74, 6) is 0. The molecule has 0 saturated carbocycles. The van der Waals surface area contributed by atoms with Crippen LogP contribution in [0.3, 0.4) is 0 Å². The Labute approximate surface area is 114 Å². The van der Waals surface area contributed by atoms with Gasteiger partial charge >= 0.3 is 0 Å². The van der Waals surface area contributed by atoms with Gasteiger partial charge in [-0.3, -0.25) is 0 Å². The summed E-state index contributed by atoms with van der Waals surface area (Å²) in [5, 5.41) is 0. The van der Waals surface area contributed by atoms with Gasteiger partial charge in [-0.15, -0.1) is 0 Å². The number of hydrogen-bond donors (Lipinski definition) is 0. The van der Waals surface area contributed by atoms with Crippen molar-refractivity contribution in [2.45, 2.75) is 13.0 Å². The molecule has 0 atom stereocenters. The Morgan fingerprint density at radius 1 is 0.947 bits per heavy atom. The highest BCUT2D eigenvalue weighted by Crippen LogP contribution is 2.16. The summed E-state index contributed by atoms with van der Waals surface area (Å²) in [6.07, 6.45) is 16.1. The van der Waals surface area contributed by atoms with Gasteiger partial charge in [-0.05, 0) is 23.1 Å². The molecule has 2 aromatic rings. The molecule has 0 N–H and O–H groups in total. The van der Waals surface area contributed by atoms with Crippen molar-refractivity contribution in [3.8, 4) is 11.1 Å². The Hall–Kier alpha value is -2.22. The molecule has 0 saturated heterocycles. The van der Waals surface area contributed by atoms with Gasteiger partial charge in [0, 0.05) is 24.3 Å². The molecule has 0 spiro atoms. The molecular weight excluding hydrogens is 232 g/mol. The summed E-state index contributed by atoms with van der Waals surface area (Å²) < 4.78 is 4.28. The molecule has 0 aliphatic heterocycles. The van der Waals surface area contributed by atoms with E-state index in [9.17, 15) is 0 Å². The van der Waals surface area contributed by atoms with Gasteiger partial charge in [0.1, 0.15) is 7.05 Å². The van der Waals surface area contributed by atoms with Crippen molar-refractivity contribution in [2.24, 2.45) is 7.05 Å². The molecule has 2 nitrogen and oxygen atoms in total. The van der Waals surface area contributed by atoms with Crippen LogP contribution in [0.25, 0.3) is 11.1 Å². The Kier molecular flexibility index (Phi) is 3.23. The van der Waals surface area contributed by atoms with E-state index in [-0.39, 0.29) is 0 Å². The Balaban J connectivity index is 1.76. The fourth-order valence-electron chi connectivity index (χ4n) is 2.29. The maximum absolute atomic E-state index is 2.23. The molecular formula is C17H18N2+2. The quantitative estimate of drug-likeness (QED) is 0.739. The molecule has 0 radical (unpaired) electrons. The first-order chi connectivity index (χ1) is 9.31. The summed E-state index contributed by atoms with van der Waals surface area (Å²) in [7, 11) is 2.03. The molecule has 2 heteroatoms. The van der Waals surface area contributed by atoms with Crippen LogP contribution in [0.2, 0.25) is 0 Å². The molecule has 0 unspecified atom stereocenters. The fourth-order valence-corrected chi connectivity index (χ4v) is 2.29. The first kappa shape index (κ1) is 11.8. The van der Waals surface area contributed by atoms with E-state index in [1.54, 1.807) is 0 Å². The van der Waals surface area contributed by atoms with Crippen molar-refractivity contribution in [2.75, 3.05) is 0 Å². The number of allylic oxidation sites excluding steroid dienone is 4. The van der Waals surface area contributed by atoms with Crippen molar-refractivity contribution in [1.29, 1.82) is 0 Å². The highest BCUT2D eigenvalue weighted by atomic mass is 14.9. The van der Waals surface area contributed by atoms with E-state index in [0.717, 1.165) is 13.0 Å². The number of aromatic nitrogens is 2. The van der Waals surface area contributed by atoms with Crippen LogP contribution in [0.1, 0.15) is 6.42 Å². The number of rotatable bonds is 3. The third kappa shape index (κ3) is 2.79. The van der Waals surface area contributed by atoms with Crippen molar-refractivity contribution >= 4 is 0 Å². The average Bonchev–Trinajstić information content (AvgIpc) is 2.94. The van der Waals surface area contributed by atoms with Gasteiger partial charge in [0.25, 0.3) is 0 Å². The summed E-state index contributed by atoms with van der Waals surface area (Å²) in [5.41, 5.74) is 3.98. The van der Waals surface area contributed by atoms with Crippen LogP contribution in [0.5, 0.6) is 0 Å². The Bertz CT molecular complexity index is 619. The lowest BCUT2D eigenvalue weighted by Crippen LogP contribution is -2.33. The lowest BCUT2D eigenvalue weighted by Gasteiger charge is -2.01. The molecule has 2 heterocycles. The van der Waals surface area contributed by atoms with E-state index in [2.05, 4.69) is 71.8 Å². The van der Waals surface area contributed by atoms with Crippen LogP contribution >= 0.6 is 0 Å². The second kappa shape index (κ2) is 5.19. The van der Waals surface area contributed by atoms with Gasteiger partial charge < -0.3 is 0 Å². The molecule has 19 heavy (non-hydrogen) atoms. The van der Waals surface area contributed by atoms with Crippen molar-refractivity contribution in [3.05, 3.63) is 72.9 Å². The summed E-state index contributed by atoms with van der Waals surface area (Å²) in [6, 6.07) is 8.64. The average molecular weight is 250 g/mol. The lowest BCUT2D eigenvalue weighted by molar-refractivity contribution is -0.689. The van der Waals surface area contributed by atoms with Gasteiger partial charge in [0.2, 0.25) is 0 Å². The summed E-state index contributed by atoms with van der Waals surface area (Å²) >= 11 is 0. The number of hydrogen-bond acceptors (Lipinski definition) is 0. The van der Waals surface area contributed by atoms with E-state index >= 15 is 0 Å². The molecule has 1 aliphatic carbocycles. The monoisotopic (exact) mass is 250 g/mol. The largest absolute Gasteiger partial charge is 0.208 e. The molecule has 0 amide bonds. The second-order valence-electron chi connectivity index (χ2n) is 4.97. The topological polar surface area (TPSA) is 7.76 Å². The molecule has 2 aromatic heterocycles. The van der Waals surface area contributed by atoms with Crippen LogP contribution in [0.4, 0.5) is 0 Å². The molecule has 0 fully saturated rings. The second-order valence-corrected chi connectivity index (χ2v) is 4.97. The van der Waals surface area contributed by atoms with Gasteiger partial charge in [-0.1, -0.05) is 18.2 Å². The minimum atomic E-state index is 0.983. The van der Waals surface area contributed by atoms with Crippen LogP contribution < -0.4 is 9.13 Å². The molecule has 0 aromatic carbocycles. The zero-order chi connectivity index (χ0) is 13.1. The van der Waals surface area contributed by atoms with E-state index in [1.807, 2.05) is 11.6 Å². The lowest BCUT2D eigenvalue weighted by atomic mass is 10.1. The number of aryl methyl sites for hydroxylation is 1. The third-order valence-corrected chi connectivity index (χ3v) is 3.44. The highest BCUT2D eigenvalue weighted by Gasteiger charge is 2.07. The minimum absolute atomic E-state index is 0.983. The zero-order valence-corrected chi connectivity index (χ0v) is 11.2. The van der Waals surface area contributed by atoms with E-state index < -0.39 is 0 Å². The van der Waals surface area contributed by atoms with Gasteiger partial charge in [-0.2, -0.15) is 0 Å². The Morgan fingerprint density at radius 2 is 1.58 bits per heavy atom. The smallest absolute Gasteiger partial charge is 0.170 e. The maximum Gasteiger partial charge on any atom is 0.170 e. The van der Waals surface area contributed by atoms with Crippen molar-refractivity contribution in [3.63, 3.8) is 0 Å². The Morgan fingerprint density at radius 3 is 2.16 bits per heavy atom. The number of nitrogens with zero attached hydrogens (tertiary/aromatic N) is 2. The first-order valence-corrected chi connectivity index (χ1v) is 6.60. The summed E-state index contributed by atoms with van der Waals surface area (Å²) in [4.78, 5) is 0. The number of pyridine rings is 2. The molecule has 94 valence electrons. The predicted molar refractivity (Wildman–Crippen MR) is 75.1 cm³/mol. The standard InChI is InChI=1S/C17H18N2/c1-18-10-6-16(7-11-18)17-8-12-19(13-9-17)14-15-4-2-3-5-15/h2-4,6-13H,5,14H2,1H3/q+2. The van der Waals surface area contributed by atoms with Crippen LogP contribution in [0, 0.1) is 0 Å². The predicted octanol–water partition coefficient (Wildman–Crippen LogP) is 2.35. The van der Waals surface area contributed by atoms with E-state index in [4.69, 9.17) is 0 Å². The molecule has 1 aliphatic rings.